The second-order valence-electron chi connectivity index (χ2n) is 2.85. The second kappa shape index (κ2) is 5.33. The predicted molar refractivity (Wildman–Crippen MR) is 49.3 cm³/mol. The lowest BCUT2D eigenvalue weighted by molar-refractivity contribution is -0.110. The molecule has 0 unspecified atom stereocenters. The molecule has 0 rings (SSSR count). The lowest BCUT2D eigenvalue weighted by Crippen LogP contribution is -2.00. The van der Waals surface area contributed by atoms with Crippen LogP contribution >= 0.6 is 23.2 Å². The Morgan fingerprint density at radius 2 is 1.83 bits per heavy atom. The summed E-state index contributed by atoms with van der Waals surface area (Å²) in [6, 6.07) is 0. The Labute approximate surface area is 81.5 Å². The van der Waals surface area contributed by atoms with Crippen molar-refractivity contribution in [1.82, 2.24) is 0 Å². The summed E-state index contributed by atoms with van der Waals surface area (Å²) in [5.41, 5.74) is 0.270. The number of rotatable bonds is 4. The maximum Gasteiger partial charge on any atom is 0.248 e. The van der Waals surface area contributed by atoms with Gasteiger partial charge in [0, 0.05) is 11.6 Å². The van der Waals surface area contributed by atoms with Gasteiger partial charge in [-0.3, -0.25) is 9.59 Å². The Morgan fingerprint density at radius 1 is 1.33 bits per heavy atom. The summed E-state index contributed by atoms with van der Waals surface area (Å²) in [7, 11) is 0. The smallest absolute Gasteiger partial charge is 0.248 e. The molecule has 0 radical (unpaired) electrons. The summed E-state index contributed by atoms with van der Waals surface area (Å²) in [6.45, 7) is 3.85. The van der Waals surface area contributed by atoms with E-state index in [2.05, 4.69) is 0 Å². The average molecular weight is 209 g/mol. The van der Waals surface area contributed by atoms with Gasteiger partial charge in [-0.1, -0.05) is 13.8 Å². The first kappa shape index (κ1) is 11.7. The van der Waals surface area contributed by atoms with Crippen molar-refractivity contribution in [3.63, 3.8) is 0 Å². The number of carbonyl (C=O) groups is 2. The molecular weight excluding hydrogens is 199 g/mol. The van der Waals surface area contributed by atoms with Gasteiger partial charge < -0.3 is 0 Å². The molecule has 0 aliphatic rings. The summed E-state index contributed by atoms with van der Waals surface area (Å²) in [4.78, 5) is 21.1. The zero-order valence-corrected chi connectivity index (χ0v) is 8.45. The fraction of sp³-hybridized carbons (Fsp3) is 0.500. The molecule has 0 fully saturated rings. The Hall–Kier alpha value is -0.340. The summed E-state index contributed by atoms with van der Waals surface area (Å²) in [5, 5.41) is -1.28. The van der Waals surface area contributed by atoms with Gasteiger partial charge in [0.25, 0.3) is 0 Å². The van der Waals surface area contributed by atoms with Crippen LogP contribution in [0, 0.1) is 5.92 Å². The van der Waals surface area contributed by atoms with Crippen LogP contribution in [0.4, 0.5) is 0 Å². The van der Waals surface area contributed by atoms with Gasteiger partial charge in [-0.05, 0) is 35.5 Å². The first-order chi connectivity index (χ1) is 5.43. The van der Waals surface area contributed by atoms with Crippen molar-refractivity contribution < 1.29 is 9.59 Å². The van der Waals surface area contributed by atoms with Crippen molar-refractivity contribution in [2.75, 3.05) is 0 Å². The normalized spacial score (nSPS) is 11.9. The lowest BCUT2D eigenvalue weighted by atomic mass is 10.0. The molecule has 0 saturated heterocycles. The van der Waals surface area contributed by atoms with Crippen molar-refractivity contribution in [3.8, 4) is 0 Å². The van der Waals surface area contributed by atoms with E-state index in [1.54, 1.807) is 0 Å². The lowest BCUT2D eigenvalue weighted by Gasteiger charge is -2.03. The van der Waals surface area contributed by atoms with E-state index in [4.69, 9.17) is 23.2 Å². The molecule has 0 bridgehead atoms. The van der Waals surface area contributed by atoms with Gasteiger partial charge in [0.05, 0.1) is 0 Å². The first-order valence-corrected chi connectivity index (χ1v) is 4.29. The van der Waals surface area contributed by atoms with Gasteiger partial charge in [0.1, 0.15) is 0 Å². The Morgan fingerprint density at radius 3 is 2.08 bits per heavy atom. The van der Waals surface area contributed by atoms with Crippen LogP contribution in [0.5, 0.6) is 0 Å². The SMILES string of the molecule is CC(C)C/C(=C\C(=O)Cl)C(=O)Cl. The molecule has 0 aliphatic heterocycles. The van der Waals surface area contributed by atoms with E-state index in [0.717, 1.165) is 6.08 Å². The molecule has 0 saturated carbocycles. The highest BCUT2D eigenvalue weighted by atomic mass is 35.5. The molecule has 2 nitrogen and oxygen atoms in total. The third-order valence-corrected chi connectivity index (χ3v) is 1.52. The topological polar surface area (TPSA) is 34.1 Å². The summed E-state index contributed by atoms with van der Waals surface area (Å²) in [6.07, 6.45) is 1.54. The zero-order valence-electron chi connectivity index (χ0n) is 6.93. The van der Waals surface area contributed by atoms with E-state index in [-0.39, 0.29) is 11.5 Å². The van der Waals surface area contributed by atoms with E-state index in [9.17, 15) is 9.59 Å². The minimum atomic E-state index is -0.667. The fourth-order valence-corrected chi connectivity index (χ4v) is 1.04. The molecule has 0 aliphatic carbocycles. The summed E-state index contributed by atoms with van der Waals surface area (Å²) in [5.74, 6) is 0.273. The minimum absolute atomic E-state index is 0.270. The largest absolute Gasteiger partial charge is 0.276 e. The average Bonchev–Trinajstić information content (AvgIpc) is 1.83. The first-order valence-electron chi connectivity index (χ1n) is 3.53. The molecule has 0 amide bonds. The van der Waals surface area contributed by atoms with Crippen molar-refractivity contribution in [2.24, 2.45) is 5.92 Å². The van der Waals surface area contributed by atoms with Crippen LogP contribution in [0.15, 0.2) is 11.6 Å². The van der Waals surface area contributed by atoms with Gasteiger partial charge in [0.15, 0.2) is 0 Å². The van der Waals surface area contributed by atoms with E-state index in [1.165, 1.54) is 0 Å². The highest BCUT2D eigenvalue weighted by Crippen LogP contribution is 2.13. The number of allylic oxidation sites excluding steroid dienone is 2. The standard InChI is InChI=1S/C8H10Cl2O2/c1-5(2)3-6(8(10)12)4-7(9)11/h4-5H,3H2,1-2H3/b6-4+. The van der Waals surface area contributed by atoms with Crippen molar-refractivity contribution in [3.05, 3.63) is 11.6 Å². The van der Waals surface area contributed by atoms with Crippen LogP contribution < -0.4 is 0 Å². The molecule has 0 heterocycles. The maximum absolute atomic E-state index is 10.7. The van der Waals surface area contributed by atoms with E-state index in [1.807, 2.05) is 13.8 Å². The summed E-state index contributed by atoms with van der Waals surface area (Å²) < 4.78 is 0. The molecule has 4 heteroatoms. The third kappa shape index (κ3) is 5.33. The van der Waals surface area contributed by atoms with Gasteiger partial charge in [-0.2, -0.15) is 0 Å². The Balaban J connectivity index is 4.44. The van der Waals surface area contributed by atoms with Gasteiger partial charge in [-0.15, -0.1) is 0 Å². The van der Waals surface area contributed by atoms with Crippen molar-refractivity contribution >= 4 is 33.7 Å². The Kier molecular flexibility index (Phi) is 5.18. The van der Waals surface area contributed by atoms with Crippen LogP contribution in [-0.2, 0) is 9.59 Å². The van der Waals surface area contributed by atoms with E-state index in [0.29, 0.717) is 6.42 Å². The molecule has 12 heavy (non-hydrogen) atoms. The molecule has 0 aromatic carbocycles. The molecule has 0 aromatic rings. The van der Waals surface area contributed by atoms with Crippen LogP contribution in [0.1, 0.15) is 20.3 Å². The molecular formula is C8H10Cl2O2. The van der Waals surface area contributed by atoms with Crippen molar-refractivity contribution in [1.29, 1.82) is 0 Å². The van der Waals surface area contributed by atoms with Crippen molar-refractivity contribution in [2.45, 2.75) is 20.3 Å². The zero-order chi connectivity index (χ0) is 9.72. The second-order valence-corrected chi connectivity index (χ2v) is 3.56. The maximum atomic E-state index is 10.7. The third-order valence-electron chi connectivity index (χ3n) is 1.17. The number of hydrogen-bond acceptors (Lipinski definition) is 2. The predicted octanol–water partition coefficient (Wildman–Crippen LogP) is 2.49. The monoisotopic (exact) mass is 208 g/mol. The number of hydrogen-bond donors (Lipinski definition) is 0. The van der Waals surface area contributed by atoms with Gasteiger partial charge in [-0.25, -0.2) is 0 Å². The number of carbonyl (C=O) groups excluding carboxylic acids is 2. The van der Waals surface area contributed by atoms with E-state index < -0.39 is 10.5 Å². The van der Waals surface area contributed by atoms with Crippen LogP contribution in [0.3, 0.4) is 0 Å². The minimum Gasteiger partial charge on any atom is -0.276 e. The van der Waals surface area contributed by atoms with Crippen LogP contribution in [0.25, 0.3) is 0 Å². The molecule has 0 N–H and O–H groups in total. The van der Waals surface area contributed by atoms with Gasteiger partial charge >= 0.3 is 0 Å². The number of halogens is 2. The highest BCUT2D eigenvalue weighted by Gasteiger charge is 2.09. The van der Waals surface area contributed by atoms with Crippen LogP contribution in [-0.4, -0.2) is 10.5 Å². The Bertz CT molecular complexity index is 219. The molecule has 0 spiro atoms. The van der Waals surface area contributed by atoms with E-state index >= 15 is 0 Å². The van der Waals surface area contributed by atoms with Gasteiger partial charge in [0.2, 0.25) is 10.5 Å². The molecule has 0 atom stereocenters. The summed E-state index contributed by atoms with van der Waals surface area (Å²) >= 11 is 10.3. The fourth-order valence-electron chi connectivity index (χ4n) is 0.773. The highest BCUT2D eigenvalue weighted by molar-refractivity contribution is 6.70. The van der Waals surface area contributed by atoms with Crippen LogP contribution in [0.2, 0.25) is 0 Å². The molecule has 68 valence electrons. The quantitative estimate of drug-likeness (QED) is 0.526. The molecule has 0 aromatic heterocycles.